The quantitative estimate of drug-likeness (QED) is 0.615. The molecule has 26 heavy (non-hydrogen) atoms. The van der Waals surface area contributed by atoms with Crippen LogP contribution in [0.15, 0.2) is 54.9 Å². The van der Waals surface area contributed by atoms with Crippen LogP contribution in [-0.2, 0) is 13.2 Å². The van der Waals surface area contributed by atoms with Crippen LogP contribution in [0.2, 0.25) is 0 Å². The average molecular weight is 369 g/mol. The monoisotopic (exact) mass is 368 g/mol. The highest BCUT2D eigenvalue weighted by Crippen LogP contribution is 2.31. The number of nitrogens with zero attached hydrogens (tertiary/aromatic N) is 1. The molecule has 3 aromatic rings. The Kier molecular flexibility index (Phi) is 6.26. The molecular formula is C21H24N2O2S. The summed E-state index contributed by atoms with van der Waals surface area (Å²) < 4.78 is 11.4. The molecule has 136 valence electrons. The largest absolute Gasteiger partial charge is 0.493 e. The molecule has 0 saturated carbocycles. The van der Waals surface area contributed by atoms with Crippen molar-refractivity contribution in [1.82, 2.24) is 10.3 Å². The zero-order chi connectivity index (χ0) is 18.4. The molecule has 0 fully saturated rings. The Morgan fingerprint density at radius 1 is 1.08 bits per heavy atom. The molecule has 0 aliphatic heterocycles. The Labute approximate surface area is 158 Å². The lowest BCUT2D eigenvalue weighted by molar-refractivity contribution is 0.284. The lowest BCUT2D eigenvalue weighted by Crippen LogP contribution is -2.17. The molecular weight excluding hydrogens is 344 g/mol. The third kappa shape index (κ3) is 4.84. The Bertz CT molecular complexity index is 833. The van der Waals surface area contributed by atoms with Crippen molar-refractivity contribution >= 4 is 11.3 Å². The predicted octanol–water partition coefficient (Wildman–Crippen LogP) is 4.89. The maximum Gasteiger partial charge on any atom is 0.161 e. The van der Waals surface area contributed by atoms with Crippen LogP contribution in [0.1, 0.15) is 33.8 Å². The highest BCUT2D eigenvalue weighted by atomic mass is 32.1. The predicted molar refractivity (Wildman–Crippen MR) is 106 cm³/mol. The van der Waals surface area contributed by atoms with Gasteiger partial charge in [0, 0.05) is 34.7 Å². The first-order valence-electron chi connectivity index (χ1n) is 8.64. The molecule has 0 bridgehead atoms. The van der Waals surface area contributed by atoms with Gasteiger partial charge < -0.3 is 14.8 Å². The summed E-state index contributed by atoms with van der Waals surface area (Å²) in [5.41, 5.74) is 2.25. The van der Waals surface area contributed by atoms with Crippen molar-refractivity contribution in [3.05, 3.63) is 75.7 Å². The number of aromatic nitrogens is 1. The van der Waals surface area contributed by atoms with E-state index in [0.29, 0.717) is 6.61 Å². The summed E-state index contributed by atoms with van der Waals surface area (Å²) in [6, 6.07) is 14.5. The second kappa shape index (κ2) is 8.83. The summed E-state index contributed by atoms with van der Waals surface area (Å²) in [6.45, 7) is 5.64. The Morgan fingerprint density at radius 3 is 2.58 bits per heavy atom. The number of thiophene rings is 1. The molecule has 1 N–H and O–H groups in total. The van der Waals surface area contributed by atoms with Crippen molar-refractivity contribution in [3.63, 3.8) is 0 Å². The van der Waals surface area contributed by atoms with Gasteiger partial charge in [-0.1, -0.05) is 6.07 Å². The zero-order valence-corrected chi connectivity index (χ0v) is 16.2. The minimum Gasteiger partial charge on any atom is -0.493 e. The SMILES string of the molecule is COc1cc(C(C)NCc2ccc(C)s2)ccc1OCc1ccncc1. The molecule has 1 unspecified atom stereocenters. The van der Waals surface area contributed by atoms with Crippen molar-refractivity contribution in [3.8, 4) is 11.5 Å². The smallest absolute Gasteiger partial charge is 0.161 e. The van der Waals surface area contributed by atoms with Gasteiger partial charge in [-0.25, -0.2) is 0 Å². The summed E-state index contributed by atoms with van der Waals surface area (Å²) >= 11 is 1.83. The average Bonchev–Trinajstić information content (AvgIpc) is 3.10. The zero-order valence-electron chi connectivity index (χ0n) is 15.4. The van der Waals surface area contributed by atoms with Gasteiger partial charge in [0.2, 0.25) is 0 Å². The summed E-state index contributed by atoms with van der Waals surface area (Å²) in [7, 11) is 1.67. The number of pyridine rings is 1. The van der Waals surface area contributed by atoms with E-state index >= 15 is 0 Å². The number of hydrogen-bond acceptors (Lipinski definition) is 5. The Balaban J connectivity index is 1.63. The fourth-order valence-electron chi connectivity index (χ4n) is 2.66. The molecule has 0 aliphatic carbocycles. The highest BCUT2D eigenvalue weighted by Gasteiger charge is 2.11. The van der Waals surface area contributed by atoms with Crippen LogP contribution in [0.5, 0.6) is 11.5 Å². The van der Waals surface area contributed by atoms with E-state index in [2.05, 4.69) is 42.3 Å². The maximum absolute atomic E-state index is 5.91. The molecule has 0 radical (unpaired) electrons. The summed E-state index contributed by atoms with van der Waals surface area (Å²) in [5, 5.41) is 3.56. The van der Waals surface area contributed by atoms with Crippen LogP contribution in [0, 0.1) is 6.92 Å². The fraction of sp³-hybridized carbons (Fsp3) is 0.286. The Hall–Kier alpha value is -2.37. The van der Waals surface area contributed by atoms with Crippen molar-refractivity contribution < 1.29 is 9.47 Å². The molecule has 0 aliphatic rings. The third-order valence-electron chi connectivity index (χ3n) is 4.21. The second-order valence-electron chi connectivity index (χ2n) is 6.17. The summed E-state index contributed by atoms with van der Waals surface area (Å²) in [4.78, 5) is 6.70. The first-order chi connectivity index (χ1) is 12.7. The van der Waals surface area contributed by atoms with E-state index < -0.39 is 0 Å². The number of nitrogens with one attached hydrogen (secondary N) is 1. The van der Waals surface area contributed by atoms with Crippen molar-refractivity contribution in [2.45, 2.75) is 33.0 Å². The lowest BCUT2D eigenvalue weighted by atomic mass is 10.1. The molecule has 2 aromatic heterocycles. The van der Waals surface area contributed by atoms with E-state index in [-0.39, 0.29) is 6.04 Å². The van der Waals surface area contributed by atoms with Crippen LogP contribution < -0.4 is 14.8 Å². The lowest BCUT2D eigenvalue weighted by Gasteiger charge is -2.17. The van der Waals surface area contributed by atoms with Gasteiger partial charge in [-0.15, -0.1) is 11.3 Å². The van der Waals surface area contributed by atoms with Crippen LogP contribution in [-0.4, -0.2) is 12.1 Å². The van der Waals surface area contributed by atoms with Gasteiger partial charge in [0.1, 0.15) is 6.61 Å². The fourth-order valence-corrected chi connectivity index (χ4v) is 3.51. The summed E-state index contributed by atoms with van der Waals surface area (Å²) in [6.07, 6.45) is 3.53. The van der Waals surface area contributed by atoms with Crippen molar-refractivity contribution in [2.24, 2.45) is 0 Å². The van der Waals surface area contributed by atoms with Crippen molar-refractivity contribution in [2.75, 3.05) is 7.11 Å². The number of rotatable bonds is 8. The molecule has 5 heteroatoms. The molecule has 2 heterocycles. The molecule has 0 saturated heterocycles. The number of hydrogen-bond donors (Lipinski definition) is 1. The van der Waals surface area contributed by atoms with Gasteiger partial charge in [0.05, 0.1) is 7.11 Å². The second-order valence-corrected chi connectivity index (χ2v) is 7.54. The van der Waals surface area contributed by atoms with Crippen LogP contribution in [0.25, 0.3) is 0 Å². The summed E-state index contributed by atoms with van der Waals surface area (Å²) in [5.74, 6) is 1.49. The third-order valence-corrected chi connectivity index (χ3v) is 5.21. The van der Waals surface area contributed by atoms with Gasteiger partial charge >= 0.3 is 0 Å². The molecule has 0 spiro atoms. The van der Waals surface area contributed by atoms with E-state index in [1.807, 2.05) is 35.6 Å². The number of benzene rings is 1. The topological polar surface area (TPSA) is 43.4 Å². The van der Waals surface area contributed by atoms with E-state index in [1.165, 1.54) is 15.3 Å². The van der Waals surface area contributed by atoms with E-state index in [4.69, 9.17) is 9.47 Å². The van der Waals surface area contributed by atoms with Gasteiger partial charge in [-0.2, -0.15) is 0 Å². The number of ether oxygens (including phenoxy) is 2. The first kappa shape index (κ1) is 18.4. The number of aryl methyl sites for hydroxylation is 1. The molecule has 3 rings (SSSR count). The molecule has 1 atom stereocenters. The molecule has 0 amide bonds. The maximum atomic E-state index is 5.91. The minimum atomic E-state index is 0.223. The Morgan fingerprint density at radius 2 is 1.88 bits per heavy atom. The normalized spacial score (nSPS) is 12.0. The van der Waals surface area contributed by atoms with E-state index in [0.717, 1.165) is 23.6 Å². The number of methoxy groups -OCH3 is 1. The van der Waals surface area contributed by atoms with Gasteiger partial charge in [0.15, 0.2) is 11.5 Å². The van der Waals surface area contributed by atoms with Crippen LogP contribution in [0.3, 0.4) is 0 Å². The van der Waals surface area contributed by atoms with Gasteiger partial charge in [-0.3, -0.25) is 4.98 Å². The van der Waals surface area contributed by atoms with Crippen LogP contribution in [0.4, 0.5) is 0 Å². The van der Waals surface area contributed by atoms with E-state index in [9.17, 15) is 0 Å². The van der Waals surface area contributed by atoms with Crippen LogP contribution >= 0.6 is 11.3 Å². The molecule has 4 nitrogen and oxygen atoms in total. The minimum absolute atomic E-state index is 0.223. The standard InChI is InChI=1S/C21H24N2O2S/c1-15-4-6-19(26-15)13-23-16(2)18-5-7-20(21(12-18)24-3)25-14-17-8-10-22-11-9-17/h4-12,16,23H,13-14H2,1-3H3. The van der Waals surface area contributed by atoms with Gasteiger partial charge in [-0.05, 0) is 61.4 Å². The van der Waals surface area contributed by atoms with Crippen molar-refractivity contribution in [1.29, 1.82) is 0 Å². The highest BCUT2D eigenvalue weighted by molar-refractivity contribution is 7.11. The molecule has 1 aromatic carbocycles. The first-order valence-corrected chi connectivity index (χ1v) is 9.45. The van der Waals surface area contributed by atoms with E-state index in [1.54, 1.807) is 19.5 Å². The van der Waals surface area contributed by atoms with Gasteiger partial charge in [0.25, 0.3) is 0 Å².